The zero-order chi connectivity index (χ0) is 6.50. The van der Waals surface area contributed by atoms with Crippen LogP contribution in [-0.2, 0) is 0 Å². The molecule has 0 saturated carbocycles. The van der Waals surface area contributed by atoms with Gasteiger partial charge in [-0.3, -0.25) is 0 Å². The second-order valence-electron chi connectivity index (χ2n) is 0.429. The van der Waals surface area contributed by atoms with Crippen LogP contribution in [0.25, 0.3) is 0 Å². The van der Waals surface area contributed by atoms with Gasteiger partial charge in [-0.15, -0.1) is 0 Å². The number of hydrogen-bond acceptors (Lipinski definition) is 0. The third-order valence-electron chi connectivity index (χ3n) is 0. The SMILES string of the molecule is IC(I)(I)I.II. The molecule has 0 aromatic carbocycles. The Kier molecular flexibility index (Phi) is 16.9. The van der Waals surface area contributed by atoms with Gasteiger partial charge in [0.1, 0.15) is 0 Å². The quantitative estimate of drug-likeness (QED) is 0.238. The molecule has 0 spiro atoms. The van der Waals surface area contributed by atoms with Crippen molar-refractivity contribution in [3.8, 4) is 0 Å². The highest BCUT2D eigenvalue weighted by molar-refractivity contribution is 15.0. The van der Waals surface area contributed by atoms with Gasteiger partial charge in [0.15, 0.2) is -2.56 Å². The van der Waals surface area contributed by atoms with E-state index in [1.165, 1.54) is 0 Å². The van der Waals surface area contributed by atoms with E-state index in [0.717, 1.165) is 0 Å². The molecule has 7 heavy (non-hydrogen) atoms. The largest absolute Gasteiger partial charge is 0.174 e. The van der Waals surface area contributed by atoms with Crippen LogP contribution < -0.4 is 0 Å². The zero-order valence-electron chi connectivity index (χ0n) is 2.77. The van der Waals surface area contributed by atoms with Gasteiger partial charge in [0.25, 0.3) is 0 Å². The van der Waals surface area contributed by atoms with Crippen LogP contribution in [0.1, 0.15) is 0 Å². The van der Waals surface area contributed by atoms with Gasteiger partial charge in [-0.25, -0.2) is 0 Å². The first-order valence-corrected chi connectivity index (χ1v) is 11.5. The van der Waals surface area contributed by atoms with Crippen molar-refractivity contribution in [1.82, 2.24) is 0 Å². The molecule has 0 N–H and O–H groups in total. The zero-order valence-corrected chi connectivity index (χ0v) is 15.7. The summed E-state index contributed by atoms with van der Waals surface area (Å²) in [5.74, 6) is 0. The molecule has 0 aliphatic heterocycles. The van der Waals surface area contributed by atoms with E-state index in [2.05, 4.69) is 128 Å². The number of halogens is 6. The second-order valence-corrected chi connectivity index (χ2v) is 19.3. The third kappa shape index (κ3) is 38.0. The molecule has 0 fully saturated rings. The van der Waals surface area contributed by atoms with Crippen molar-refractivity contribution in [2.45, 2.75) is -2.56 Å². The van der Waals surface area contributed by atoms with Gasteiger partial charge in [-0.05, 0) is 90.4 Å². The Morgan fingerprint density at radius 2 is 0.714 bits per heavy atom. The Bertz CT molecular complexity index is 19.7. The van der Waals surface area contributed by atoms with Crippen LogP contribution in [0.3, 0.4) is 0 Å². The Labute approximate surface area is 121 Å². The average Bonchev–Trinajstić information content (AvgIpc) is 1.36. The maximum absolute atomic E-state index is 2.34. The molecule has 0 rings (SSSR count). The van der Waals surface area contributed by atoms with Gasteiger partial charge in [0, 0.05) is 37.2 Å². The standard InChI is InChI=1S/CI4.I2/c2-1(3,4)5;1-2. The lowest BCUT2D eigenvalue weighted by Crippen LogP contribution is -1.73. The van der Waals surface area contributed by atoms with Gasteiger partial charge in [0.2, 0.25) is 0 Å². The van der Waals surface area contributed by atoms with Crippen LogP contribution in [0.5, 0.6) is 0 Å². The molecule has 0 aromatic rings. The molecule has 0 amide bonds. The van der Waals surface area contributed by atoms with Gasteiger partial charge < -0.3 is 0 Å². The number of alkyl halides is 4. The van der Waals surface area contributed by atoms with E-state index in [1.807, 2.05) is 0 Å². The maximum Gasteiger partial charge on any atom is 0.174 e. The summed E-state index contributed by atoms with van der Waals surface area (Å²) in [5.41, 5.74) is 0. The first kappa shape index (κ1) is 13.9. The fourth-order valence-corrected chi connectivity index (χ4v) is 0. The van der Waals surface area contributed by atoms with Crippen LogP contribution in [-0.4, -0.2) is -2.56 Å². The summed E-state index contributed by atoms with van der Waals surface area (Å²) >= 11 is 13.6. The minimum Gasteiger partial charge on any atom is -0.0434 e. The van der Waals surface area contributed by atoms with Crippen molar-refractivity contribution >= 4 is 128 Å². The van der Waals surface area contributed by atoms with Gasteiger partial charge in [-0.1, -0.05) is 0 Å². The van der Waals surface area contributed by atoms with Gasteiger partial charge >= 0.3 is 0 Å². The van der Waals surface area contributed by atoms with E-state index in [1.54, 1.807) is 0 Å². The number of hydrogen-bond donors (Lipinski definition) is 0. The first-order chi connectivity index (χ1) is 3.00. The van der Waals surface area contributed by atoms with E-state index < -0.39 is 0 Å². The van der Waals surface area contributed by atoms with Crippen molar-refractivity contribution in [3.63, 3.8) is 0 Å². The highest BCUT2D eigenvalue weighted by Gasteiger charge is 2.07. The predicted molar refractivity (Wildman–Crippen MR) is 86.9 cm³/mol. The molecule has 0 bridgehead atoms. The lowest BCUT2D eigenvalue weighted by atomic mass is 12.0. The molecule has 0 aromatic heterocycles. The highest BCUT2D eigenvalue weighted by atomic mass is 128. The minimum absolute atomic E-state index is 0.380. The van der Waals surface area contributed by atoms with Gasteiger partial charge in [-0.2, -0.15) is 0 Å². The molecule has 0 aliphatic carbocycles. The molecular formula is CI6. The Morgan fingerprint density at radius 1 is 0.714 bits per heavy atom. The molecule has 0 heterocycles. The van der Waals surface area contributed by atoms with Crippen molar-refractivity contribution in [2.75, 3.05) is 0 Å². The van der Waals surface area contributed by atoms with Crippen LogP contribution in [0.4, 0.5) is 0 Å². The van der Waals surface area contributed by atoms with E-state index in [0.29, 0.717) is -2.56 Å². The molecule has 46 valence electrons. The summed E-state index contributed by atoms with van der Waals surface area (Å²) in [6, 6.07) is 0. The Hall–Kier alpha value is 4.38. The van der Waals surface area contributed by atoms with Crippen LogP contribution >= 0.6 is 128 Å². The summed E-state index contributed by atoms with van der Waals surface area (Å²) in [4.78, 5) is 0. The fraction of sp³-hybridized carbons (Fsp3) is 1.00. The minimum atomic E-state index is 0.380. The predicted octanol–water partition coefficient (Wildman–Crippen LogP) is 5.11. The van der Waals surface area contributed by atoms with Crippen molar-refractivity contribution in [2.24, 2.45) is 0 Å². The molecule has 0 nitrogen and oxygen atoms in total. The van der Waals surface area contributed by atoms with Crippen molar-refractivity contribution in [3.05, 3.63) is 0 Å². The molecule has 0 atom stereocenters. The van der Waals surface area contributed by atoms with Crippen molar-refractivity contribution < 1.29 is 0 Å². The Morgan fingerprint density at radius 3 is 0.714 bits per heavy atom. The molecule has 0 aliphatic rings. The second kappa shape index (κ2) is 8.48. The monoisotopic (exact) mass is 773 g/mol. The van der Waals surface area contributed by atoms with Crippen LogP contribution in [0.15, 0.2) is 0 Å². The normalized spacial score (nSPS) is 9.43. The van der Waals surface area contributed by atoms with Crippen molar-refractivity contribution in [1.29, 1.82) is 0 Å². The van der Waals surface area contributed by atoms with E-state index in [9.17, 15) is 0 Å². The van der Waals surface area contributed by atoms with E-state index in [-0.39, 0.29) is 0 Å². The fourth-order valence-electron chi connectivity index (χ4n) is 0. The first-order valence-electron chi connectivity index (χ1n) is 0.899. The molecular weight excluding hydrogens is 773 g/mol. The number of rotatable bonds is 0. The lowest BCUT2D eigenvalue weighted by Gasteiger charge is -1.94. The highest BCUT2D eigenvalue weighted by Crippen LogP contribution is 2.42. The summed E-state index contributed by atoms with van der Waals surface area (Å²) in [6.07, 6.45) is 0. The van der Waals surface area contributed by atoms with E-state index >= 15 is 0 Å². The van der Waals surface area contributed by atoms with Crippen LogP contribution in [0.2, 0.25) is 0 Å². The lowest BCUT2D eigenvalue weighted by molar-refractivity contribution is 2.39. The van der Waals surface area contributed by atoms with Crippen LogP contribution in [0, 0.1) is 0 Å². The molecule has 0 saturated heterocycles. The summed E-state index contributed by atoms with van der Waals surface area (Å²) in [7, 11) is 0. The molecule has 0 unspecified atom stereocenters. The molecule has 6 heteroatoms. The molecule has 0 radical (unpaired) electrons. The van der Waals surface area contributed by atoms with Gasteiger partial charge in [0.05, 0.1) is 0 Å². The smallest absolute Gasteiger partial charge is 0.0434 e. The Balaban J connectivity index is 0. The topological polar surface area (TPSA) is 0 Å². The third-order valence-corrected chi connectivity index (χ3v) is 0. The van der Waals surface area contributed by atoms with E-state index in [4.69, 9.17) is 0 Å². The summed E-state index contributed by atoms with van der Waals surface area (Å²) < 4.78 is 0.380. The summed E-state index contributed by atoms with van der Waals surface area (Å²) in [5, 5.41) is 0. The maximum atomic E-state index is 2.34. The average molecular weight is 773 g/mol. The summed E-state index contributed by atoms with van der Waals surface area (Å²) in [6.45, 7) is 0.